The Morgan fingerprint density at radius 1 is 1.15 bits per heavy atom. The van der Waals surface area contributed by atoms with Crippen molar-refractivity contribution in [1.29, 1.82) is 0 Å². The van der Waals surface area contributed by atoms with E-state index in [1.807, 2.05) is 18.2 Å². The summed E-state index contributed by atoms with van der Waals surface area (Å²) in [5, 5.41) is 5.52. The number of hydrogen-bond donors (Lipinski definition) is 4. The standard InChI is InChI=1S/C19H20N6O2/c20-16(9-14-10-21-12-24-14)19(27)25-17-7-2-1-6-15(17)18(26)23-11-13-5-3-4-8-22-13/h1-8,10,12,16H,9,11,20H2,(H,21,24)(H,23,26)(H,25,27)/t16-/m0/s1. The van der Waals surface area contributed by atoms with Gasteiger partial charge in [0.25, 0.3) is 5.91 Å². The second kappa shape index (κ2) is 8.72. The van der Waals surface area contributed by atoms with Gasteiger partial charge in [-0.15, -0.1) is 0 Å². The van der Waals surface area contributed by atoms with Crippen LogP contribution in [0.5, 0.6) is 0 Å². The summed E-state index contributed by atoms with van der Waals surface area (Å²) in [4.78, 5) is 35.9. The van der Waals surface area contributed by atoms with Crippen LogP contribution in [0, 0.1) is 0 Å². The highest BCUT2D eigenvalue weighted by Gasteiger charge is 2.18. The molecule has 0 unspecified atom stereocenters. The van der Waals surface area contributed by atoms with Crippen molar-refractivity contribution in [2.45, 2.75) is 19.0 Å². The van der Waals surface area contributed by atoms with Crippen molar-refractivity contribution >= 4 is 17.5 Å². The van der Waals surface area contributed by atoms with Crippen molar-refractivity contribution in [3.8, 4) is 0 Å². The van der Waals surface area contributed by atoms with Gasteiger partial charge in [-0.3, -0.25) is 14.6 Å². The number of nitrogens with zero attached hydrogens (tertiary/aromatic N) is 2. The lowest BCUT2D eigenvalue weighted by atomic mass is 10.1. The zero-order chi connectivity index (χ0) is 19.1. The second-order valence-electron chi connectivity index (χ2n) is 5.93. The molecular formula is C19H20N6O2. The number of anilines is 1. The van der Waals surface area contributed by atoms with E-state index in [4.69, 9.17) is 5.73 Å². The molecule has 0 aliphatic rings. The number of nitrogens with one attached hydrogen (secondary N) is 3. The Labute approximate surface area is 156 Å². The molecule has 0 bridgehead atoms. The Kier molecular flexibility index (Phi) is 5.91. The Bertz CT molecular complexity index is 896. The number of H-pyrrole nitrogens is 1. The van der Waals surface area contributed by atoms with Gasteiger partial charge >= 0.3 is 0 Å². The van der Waals surface area contributed by atoms with E-state index in [2.05, 4.69) is 25.6 Å². The van der Waals surface area contributed by atoms with Crippen molar-refractivity contribution in [3.05, 3.63) is 78.1 Å². The first-order valence-corrected chi connectivity index (χ1v) is 8.44. The molecule has 3 aromatic rings. The van der Waals surface area contributed by atoms with Crippen LogP contribution in [-0.2, 0) is 17.8 Å². The van der Waals surface area contributed by atoms with Crippen LogP contribution in [-0.4, -0.2) is 32.8 Å². The third-order valence-corrected chi connectivity index (χ3v) is 3.92. The lowest BCUT2D eigenvalue weighted by molar-refractivity contribution is -0.117. The first-order valence-electron chi connectivity index (χ1n) is 8.44. The number of imidazole rings is 1. The summed E-state index contributed by atoms with van der Waals surface area (Å²) in [6, 6.07) is 11.5. The van der Waals surface area contributed by atoms with Gasteiger partial charge < -0.3 is 21.4 Å². The lowest BCUT2D eigenvalue weighted by Crippen LogP contribution is -2.38. The number of pyridine rings is 1. The number of rotatable bonds is 7. The van der Waals surface area contributed by atoms with Gasteiger partial charge in [-0.05, 0) is 24.3 Å². The van der Waals surface area contributed by atoms with Crippen LogP contribution in [0.1, 0.15) is 21.7 Å². The molecule has 5 N–H and O–H groups in total. The van der Waals surface area contributed by atoms with Crippen LogP contribution in [0.4, 0.5) is 5.69 Å². The molecule has 1 aromatic carbocycles. The second-order valence-corrected chi connectivity index (χ2v) is 5.93. The molecule has 138 valence electrons. The molecule has 8 nitrogen and oxygen atoms in total. The molecule has 0 fully saturated rings. The van der Waals surface area contributed by atoms with Crippen LogP contribution in [0.15, 0.2) is 61.2 Å². The Morgan fingerprint density at radius 3 is 2.70 bits per heavy atom. The van der Waals surface area contributed by atoms with Crippen molar-refractivity contribution < 1.29 is 9.59 Å². The maximum Gasteiger partial charge on any atom is 0.253 e. The molecule has 0 saturated carbocycles. The van der Waals surface area contributed by atoms with E-state index in [1.54, 1.807) is 36.7 Å². The van der Waals surface area contributed by atoms with E-state index in [1.165, 1.54) is 6.33 Å². The highest BCUT2D eigenvalue weighted by Crippen LogP contribution is 2.15. The van der Waals surface area contributed by atoms with E-state index in [-0.39, 0.29) is 11.8 Å². The number of aromatic amines is 1. The third kappa shape index (κ3) is 4.99. The summed E-state index contributed by atoms with van der Waals surface area (Å²) < 4.78 is 0. The number of nitrogens with two attached hydrogens (primary N) is 1. The van der Waals surface area contributed by atoms with Crippen molar-refractivity contribution in [2.24, 2.45) is 5.73 Å². The van der Waals surface area contributed by atoms with Crippen LogP contribution in [0.25, 0.3) is 0 Å². The van der Waals surface area contributed by atoms with Gasteiger partial charge in [-0.25, -0.2) is 4.98 Å². The lowest BCUT2D eigenvalue weighted by Gasteiger charge is -2.14. The smallest absolute Gasteiger partial charge is 0.253 e. The molecule has 0 spiro atoms. The number of hydrogen-bond acceptors (Lipinski definition) is 5. The predicted octanol–water partition coefficient (Wildman–Crippen LogP) is 1.24. The molecule has 3 rings (SSSR count). The molecule has 0 radical (unpaired) electrons. The van der Waals surface area contributed by atoms with Gasteiger partial charge in [0.05, 0.1) is 35.9 Å². The number of aromatic nitrogens is 3. The summed E-state index contributed by atoms with van der Waals surface area (Å²) in [7, 11) is 0. The first kappa shape index (κ1) is 18.3. The largest absolute Gasteiger partial charge is 0.348 e. The van der Waals surface area contributed by atoms with Crippen molar-refractivity contribution in [3.63, 3.8) is 0 Å². The molecule has 0 aliphatic heterocycles. The van der Waals surface area contributed by atoms with E-state index >= 15 is 0 Å². The first-order chi connectivity index (χ1) is 13.1. The van der Waals surface area contributed by atoms with Crippen molar-refractivity contribution in [2.75, 3.05) is 5.32 Å². The van der Waals surface area contributed by atoms with Gasteiger partial charge in [-0.1, -0.05) is 18.2 Å². The zero-order valence-electron chi connectivity index (χ0n) is 14.6. The summed E-state index contributed by atoms with van der Waals surface area (Å²) in [5.41, 5.74) is 8.22. The predicted molar refractivity (Wildman–Crippen MR) is 101 cm³/mol. The fourth-order valence-corrected chi connectivity index (χ4v) is 2.51. The SMILES string of the molecule is N[C@@H](Cc1cnc[nH]1)C(=O)Nc1ccccc1C(=O)NCc1ccccn1. The molecule has 2 heterocycles. The van der Waals surface area contributed by atoms with E-state index in [9.17, 15) is 9.59 Å². The average molecular weight is 364 g/mol. The quantitative estimate of drug-likeness (QED) is 0.502. The topological polar surface area (TPSA) is 126 Å². The highest BCUT2D eigenvalue weighted by atomic mass is 16.2. The number of para-hydroxylation sites is 1. The van der Waals surface area contributed by atoms with Gasteiger partial charge in [0.1, 0.15) is 0 Å². The fraction of sp³-hybridized carbons (Fsp3) is 0.158. The van der Waals surface area contributed by atoms with E-state index in [0.717, 1.165) is 11.4 Å². The minimum atomic E-state index is -0.768. The number of carbonyl (C=O) groups is 2. The van der Waals surface area contributed by atoms with Gasteiger partial charge in [0.15, 0.2) is 0 Å². The maximum absolute atomic E-state index is 12.5. The molecule has 0 saturated heterocycles. The summed E-state index contributed by atoms with van der Waals surface area (Å²) in [6.07, 6.45) is 5.13. The molecule has 1 atom stereocenters. The number of amides is 2. The average Bonchev–Trinajstić information content (AvgIpc) is 3.20. The van der Waals surface area contributed by atoms with Crippen LogP contribution in [0.3, 0.4) is 0 Å². The van der Waals surface area contributed by atoms with Gasteiger partial charge in [0, 0.05) is 24.5 Å². The van der Waals surface area contributed by atoms with Crippen LogP contribution in [0.2, 0.25) is 0 Å². The number of carbonyl (C=O) groups excluding carboxylic acids is 2. The zero-order valence-corrected chi connectivity index (χ0v) is 14.6. The summed E-state index contributed by atoms with van der Waals surface area (Å²) >= 11 is 0. The van der Waals surface area contributed by atoms with Crippen LogP contribution >= 0.6 is 0 Å². The van der Waals surface area contributed by atoms with E-state index in [0.29, 0.717) is 24.2 Å². The molecule has 2 aromatic heterocycles. The van der Waals surface area contributed by atoms with Crippen LogP contribution < -0.4 is 16.4 Å². The summed E-state index contributed by atoms with van der Waals surface area (Å²) in [5.74, 6) is -0.687. The normalized spacial score (nSPS) is 11.6. The van der Waals surface area contributed by atoms with E-state index < -0.39 is 6.04 Å². The molecule has 27 heavy (non-hydrogen) atoms. The Balaban J connectivity index is 1.64. The monoisotopic (exact) mass is 364 g/mol. The summed E-state index contributed by atoms with van der Waals surface area (Å²) in [6.45, 7) is 0.293. The Morgan fingerprint density at radius 2 is 1.96 bits per heavy atom. The maximum atomic E-state index is 12.5. The molecule has 0 aliphatic carbocycles. The fourth-order valence-electron chi connectivity index (χ4n) is 2.51. The Hall–Kier alpha value is -3.52. The molecule has 2 amide bonds. The highest BCUT2D eigenvalue weighted by molar-refractivity contribution is 6.04. The molecular weight excluding hydrogens is 344 g/mol. The van der Waals surface area contributed by atoms with Gasteiger partial charge in [0.2, 0.25) is 5.91 Å². The number of benzene rings is 1. The van der Waals surface area contributed by atoms with Crippen molar-refractivity contribution in [1.82, 2.24) is 20.3 Å². The molecule has 8 heteroatoms. The third-order valence-electron chi connectivity index (χ3n) is 3.92. The minimum Gasteiger partial charge on any atom is -0.348 e. The minimum absolute atomic E-state index is 0.293. The van der Waals surface area contributed by atoms with Gasteiger partial charge in [-0.2, -0.15) is 0 Å².